The molecule has 1 amide bonds. The zero-order chi connectivity index (χ0) is 11.8. The fourth-order valence-corrected chi connectivity index (χ4v) is 1.72. The van der Waals surface area contributed by atoms with E-state index in [0.29, 0.717) is 18.8 Å². The van der Waals surface area contributed by atoms with Crippen LogP contribution in [0.5, 0.6) is 0 Å². The fourth-order valence-electron chi connectivity index (χ4n) is 1.72. The normalized spacial score (nSPS) is 19.8. The van der Waals surface area contributed by atoms with Gasteiger partial charge in [-0.3, -0.25) is 9.89 Å². The largest absolute Gasteiger partial charge is 0.330 e. The number of likely N-dealkylation sites (tertiary alicyclic amines) is 1. The van der Waals surface area contributed by atoms with Crippen LogP contribution in [0.3, 0.4) is 0 Å². The molecular formula is C9H12F2N4O. The summed E-state index contributed by atoms with van der Waals surface area (Å²) in [4.78, 5) is 16.7. The van der Waals surface area contributed by atoms with Gasteiger partial charge in [0.05, 0.1) is 6.54 Å². The van der Waals surface area contributed by atoms with Crippen molar-refractivity contribution in [3.05, 3.63) is 11.6 Å². The van der Waals surface area contributed by atoms with Crippen molar-refractivity contribution in [1.82, 2.24) is 20.1 Å². The summed E-state index contributed by atoms with van der Waals surface area (Å²) in [6.45, 7) is 1.44. The van der Waals surface area contributed by atoms with Gasteiger partial charge in [0, 0.05) is 13.0 Å². The monoisotopic (exact) mass is 230 g/mol. The second kappa shape index (κ2) is 3.80. The molecule has 1 aliphatic heterocycles. The van der Waals surface area contributed by atoms with Crippen molar-refractivity contribution in [2.45, 2.75) is 25.7 Å². The van der Waals surface area contributed by atoms with Crippen LogP contribution < -0.4 is 0 Å². The van der Waals surface area contributed by atoms with Crippen LogP contribution in [0.25, 0.3) is 0 Å². The van der Waals surface area contributed by atoms with E-state index in [-0.39, 0.29) is 12.2 Å². The molecule has 1 N–H and O–H groups in total. The van der Waals surface area contributed by atoms with Gasteiger partial charge in [-0.2, -0.15) is 0 Å². The smallest absolute Gasteiger partial charge is 0.293 e. The maximum Gasteiger partial charge on any atom is 0.293 e. The summed E-state index contributed by atoms with van der Waals surface area (Å²) in [6, 6.07) is 0. The number of hydrogen-bond acceptors (Lipinski definition) is 3. The summed E-state index contributed by atoms with van der Waals surface area (Å²) in [5.74, 6) is -2.88. The Morgan fingerprint density at radius 1 is 1.56 bits per heavy atom. The van der Waals surface area contributed by atoms with Crippen LogP contribution in [0.1, 0.15) is 29.3 Å². The Morgan fingerprint density at radius 2 is 2.31 bits per heavy atom. The SMILES string of the molecule is Cc1nc(C(=O)N2CCCC(F)(F)C2)n[nH]1. The van der Waals surface area contributed by atoms with E-state index < -0.39 is 18.4 Å². The maximum atomic E-state index is 13.1. The van der Waals surface area contributed by atoms with E-state index in [4.69, 9.17) is 0 Å². The molecule has 1 aromatic heterocycles. The minimum Gasteiger partial charge on any atom is -0.330 e. The lowest BCUT2D eigenvalue weighted by molar-refractivity contribution is -0.0562. The number of nitrogens with zero attached hydrogens (tertiary/aromatic N) is 3. The molecule has 1 fully saturated rings. The molecule has 0 bridgehead atoms. The van der Waals surface area contributed by atoms with Crippen LogP contribution in [-0.4, -0.2) is 45.0 Å². The van der Waals surface area contributed by atoms with Crippen molar-refractivity contribution in [3.63, 3.8) is 0 Å². The topological polar surface area (TPSA) is 61.9 Å². The van der Waals surface area contributed by atoms with Gasteiger partial charge in [-0.1, -0.05) is 0 Å². The first kappa shape index (κ1) is 11.0. The number of rotatable bonds is 1. The highest BCUT2D eigenvalue weighted by molar-refractivity contribution is 5.90. The number of hydrogen-bond donors (Lipinski definition) is 1. The number of piperidine rings is 1. The molecule has 0 radical (unpaired) electrons. The van der Waals surface area contributed by atoms with Crippen LogP contribution in [0, 0.1) is 6.92 Å². The van der Waals surface area contributed by atoms with Gasteiger partial charge in [-0.15, -0.1) is 5.10 Å². The van der Waals surface area contributed by atoms with E-state index in [1.54, 1.807) is 6.92 Å². The Bertz CT molecular complexity index is 404. The van der Waals surface area contributed by atoms with Gasteiger partial charge < -0.3 is 4.90 Å². The third-order valence-electron chi connectivity index (χ3n) is 2.47. The van der Waals surface area contributed by atoms with E-state index >= 15 is 0 Å². The van der Waals surface area contributed by atoms with Crippen LogP contribution in [0.2, 0.25) is 0 Å². The van der Waals surface area contributed by atoms with Gasteiger partial charge in [0.25, 0.3) is 11.8 Å². The predicted molar refractivity (Wildman–Crippen MR) is 51.2 cm³/mol. The molecule has 0 unspecified atom stereocenters. The maximum absolute atomic E-state index is 13.1. The van der Waals surface area contributed by atoms with Gasteiger partial charge in [0.1, 0.15) is 5.82 Å². The number of carbonyl (C=O) groups is 1. The minimum absolute atomic E-state index is 0.0461. The molecule has 1 aromatic rings. The van der Waals surface area contributed by atoms with E-state index in [9.17, 15) is 13.6 Å². The van der Waals surface area contributed by atoms with Gasteiger partial charge in [-0.05, 0) is 13.3 Å². The van der Waals surface area contributed by atoms with Crippen LogP contribution in [0.4, 0.5) is 8.78 Å². The second-order valence-electron chi connectivity index (χ2n) is 3.93. The van der Waals surface area contributed by atoms with Gasteiger partial charge in [0.2, 0.25) is 5.82 Å². The third kappa shape index (κ3) is 2.17. The zero-order valence-corrected chi connectivity index (χ0v) is 8.83. The molecule has 5 nitrogen and oxygen atoms in total. The summed E-state index contributed by atoms with van der Waals surface area (Å²) < 4.78 is 26.2. The number of nitrogens with one attached hydrogen (secondary N) is 1. The third-order valence-corrected chi connectivity index (χ3v) is 2.47. The molecule has 2 rings (SSSR count). The van der Waals surface area contributed by atoms with Crippen LogP contribution in [0.15, 0.2) is 0 Å². The quantitative estimate of drug-likeness (QED) is 0.782. The number of alkyl halides is 2. The predicted octanol–water partition coefficient (Wildman–Crippen LogP) is 0.984. The number of halogens is 2. The minimum atomic E-state index is -2.79. The lowest BCUT2D eigenvalue weighted by Gasteiger charge is -2.31. The summed E-state index contributed by atoms with van der Waals surface area (Å²) in [7, 11) is 0. The molecule has 0 saturated carbocycles. The molecule has 0 aliphatic carbocycles. The number of amides is 1. The highest BCUT2D eigenvalue weighted by atomic mass is 19.3. The first-order valence-corrected chi connectivity index (χ1v) is 5.04. The van der Waals surface area contributed by atoms with Crippen LogP contribution in [-0.2, 0) is 0 Å². The summed E-state index contributed by atoms with van der Waals surface area (Å²) in [5, 5.41) is 6.18. The Balaban J connectivity index is 2.10. The number of aryl methyl sites for hydroxylation is 1. The number of carbonyl (C=O) groups excluding carboxylic acids is 1. The first-order chi connectivity index (χ1) is 7.48. The van der Waals surface area contributed by atoms with E-state index in [2.05, 4.69) is 15.2 Å². The van der Waals surface area contributed by atoms with Crippen molar-refractivity contribution >= 4 is 5.91 Å². The molecule has 16 heavy (non-hydrogen) atoms. The van der Waals surface area contributed by atoms with E-state index in [1.165, 1.54) is 0 Å². The second-order valence-corrected chi connectivity index (χ2v) is 3.93. The average molecular weight is 230 g/mol. The molecule has 0 aromatic carbocycles. The molecule has 1 aliphatic rings. The summed E-state index contributed by atoms with van der Waals surface area (Å²) in [6.07, 6.45) is 0.145. The Labute approximate surface area is 90.8 Å². The molecule has 7 heteroatoms. The zero-order valence-electron chi connectivity index (χ0n) is 8.83. The lowest BCUT2D eigenvalue weighted by atomic mass is 10.1. The molecule has 0 spiro atoms. The Kier molecular flexibility index (Phi) is 2.61. The highest BCUT2D eigenvalue weighted by Gasteiger charge is 2.38. The van der Waals surface area contributed by atoms with Crippen molar-refractivity contribution in [3.8, 4) is 0 Å². The first-order valence-electron chi connectivity index (χ1n) is 5.04. The Hall–Kier alpha value is -1.53. The number of H-pyrrole nitrogens is 1. The molecular weight excluding hydrogens is 218 g/mol. The molecule has 0 atom stereocenters. The van der Waals surface area contributed by atoms with Crippen molar-refractivity contribution in [2.24, 2.45) is 0 Å². The van der Waals surface area contributed by atoms with Gasteiger partial charge in [-0.25, -0.2) is 13.8 Å². The number of aromatic nitrogens is 3. The Morgan fingerprint density at radius 3 is 2.88 bits per heavy atom. The summed E-state index contributed by atoms with van der Waals surface area (Å²) in [5.41, 5.74) is 0. The number of aromatic amines is 1. The van der Waals surface area contributed by atoms with Crippen molar-refractivity contribution in [2.75, 3.05) is 13.1 Å². The van der Waals surface area contributed by atoms with Gasteiger partial charge >= 0.3 is 0 Å². The van der Waals surface area contributed by atoms with Crippen LogP contribution >= 0.6 is 0 Å². The van der Waals surface area contributed by atoms with E-state index in [0.717, 1.165) is 4.90 Å². The molecule has 2 heterocycles. The van der Waals surface area contributed by atoms with E-state index in [1.807, 2.05) is 0 Å². The van der Waals surface area contributed by atoms with Gasteiger partial charge in [0.15, 0.2) is 0 Å². The highest BCUT2D eigenvalue weighted by Crippen LogP contribution is 2.26. The fraction of sp³-hybridized carbons (Fsp3) is 0.667. The van der Waals surface area contributed by atoms with Crippen molar-refractivity contribution in [1.29, 1.82) is 0 Å². The average Bonchev–Trinajstić information content (AvgIpc) is 2.62. The standard InChI is InChI=1S/C9H12F2N4O/c1-6-12-7(14-13-6)8(16)15-4-2-3-9(10,11)5-15/h2-5H2,1H3,(H,12,13,14). The molecule has 88 valence electrons. The summed E-state index contributed by atoms with van der Waals surface area (Å²) >= 11 is 0. The van der Waals surface area contributed by atoms with Crippen molar-refractivity contribution < 1.29 is 13.6 Å². The molecule has 1 saturated heterocycles. The lowest BCUT2D eigenvalue weighted by Crippen LogP contribution is -2.46.